The van der Waals surface area contributed by atoms with Gasteiger partial charge in [0, 0.05) is 23.4 Å². The largest absolute Gasteiger partial charge is 0.330 e. The number of nitrogens with one attached hydrogen (secondary N) is 2. The van der Waals surface area contributed by atoms with E-state index in [1.54, 1.807) is 6.07 Å². The number of amides is 1. The minimum atomic E-state index is 0.0320. The average molecular weight is 411 g/mol. The summed E-state index contributed by atoms with van der Waals surface area (Å²) >= 11 is 2.80. The van der Waals surface area contributed by atoms with E-state index < -0.39 is 0 Å². The molecule has 0 unspecified atom stereocenters. The Morgan fingerprint density at radius 2 is 2.00 bits per heavy atom. The summed E-state index contributed by atoms with van der Waals surface area (Å²) in [6, 6.07) is 15.3. The van der Waals surface area contributed by atoms with E-state index in [0.717, 1.165) is 34.1 Å². The van der Waals surface area contributed by atoms with Gasteiger partial charge in [0.25, 0.3) is 0 Å². The van der Waals surface area contributed by atoms with E-state index in [4.69, 9.17) is 0 Å². The van der Waals surface area contributed by atoms with Crippen molar-refractivity contribution in [1.82, 2.24) is 10.2 Å². The highest BCUT2D eigenvalue weighted by Crippen LogP contribution is 2.29. The minimum absolute atomic E-state index is 0.0320. The number of para-hydroxylation sites is 1. The molecule has 3 aromatic rings. The second kappa shape index (κ2) is 8.53. The number of fused-ring (bicyclic) bond motifs is 1. The fraction of sp³-hybridized carbons (Fsp3) is 0.200. The summed E-state index contributed by atoms with van der Waals surface area (Å²) in [7, 11) is 0. The van der Waals surface area contributed by atoms with Gasteiger partial charge in [-0.15, -0.1) is 10.2 Å². The quantitative estimate of drug-likeness (QED) is 0.459. The fourth-order valence-corrected chi connectivity index (χ4v) is 4.59. The van der Waals surface area contributed by atoms with Crippen molar-refractivity contribution in [1.29, 1.82) is 0 Å². The maximum atomic E-state index is 12.6. The number of nitrogens with zero attached hydrogens (tertiary/aromatic N) is 2. The number of ketones is 1. The fourth-order valence-electron chi connectivity index (χ4n) is 2.92. The number of aryl methyl sites for hydroxylation is 1. The summed E-state index contributed by atoms with van der Waals surface area (Å²) in [6.45, 7) is 0. The Hall–Kier alpha value is -2.71. The van der Waals surface area contributed by atoms with Crippen LogP contribution < -0.4 is 10.6 Å². The van der Waals surface area contributed by atoms with Crippen molar-refractivity contribution in [2.75, 3.05) is 16.4 Å². The first-order valence-corrected chi connectivity index (χ1v) is 10.7. The zero-order valence-electron chi connectivity index (χ0n) is 15.0. The molecule has 1 aliphatic rings. The molecular formula is C20H18N4O2S2. The number of benzene rings is 2. The third-order valence-electron chi connectivity index (χ3n) is 4.31. The minimum Gasteiger partial charge on any atom is -0.330 e. The molecule has 0 aliphatic carbocycles. The van der Waals surface area contributed by atoms with Gasteiger partial charge in [-0.25, -0.2) is 0 Å². The second-order valence-electron chi connectivity index (χ2n) is 6.35. The van der Waals surface area contributed by atoms with Gasteiger partial charge in [-0.05, 0) is 48.7 Å². The number of hydrogen-bond donors (Lipinski definition) is 2. The number of thioether (sulfide) groups is 1. The molecule has 2 N–H and O–H groups in total. The zero-order valence-corrected chi connectivity index (χ0v) is 16.6. The lowest BCUT2D eigenvalue weighted by atomic mass is 10.0. The van der Waals surface area contributed by atoms with Crippen LogP contribution in [0, 0.1) is 0 Å². The Bertz CT molecular complexity index is 1000. The molecule has 0 saturated heterocycles. The third kappa shape index (κ3) is 4.58. The van der Waals surface area contributed by atoms with Crippen molar-refractivity contribution >= 4 is 51.3 Å². The molecule has 8 heteroatoms. The highest BCUT2D eigenvalue weighted by atomic mass is 32.2. The molecule has 1 aliphatic heterocycles. The molecular weight excluding hydrogens is 392 g/mol. The smallest absolute Gasteiger partial charge is 0.224 e. The van der Waals surface area contributed by atoms with Crippen LogP contribution in [0.15, 0.2) is 52.9 Å². The number of Topliss-reactive ketones (excluding diaryl/α,β-unsaturated/α-hetero) is 1. The summed E-state index contributed by atoms with van der Waals surface area (Å²) in [6.07, 6.45) is 2.12. The van der Waals surface area contributed by atoms with Gasteiger partial charge in [-0.2, -0.15) is 0 Å². The van der Waals surface area contributed by atoms with Gasteiger partial charge in [-0.3, -0.25) is 9.59 Å². The molecule has 0 spiro atoms. The molecule has 0 fully saturated rings. The van der Waals surface area contributed by atoms with Crippen LogP contribution in [0.5, 0.6) is 0 Å². The van der Waals surface area contributed by atoms with Gasteiger partial charge < -0.3 is 10.6 Å². The lowest BCUT2D eigenvalue weighted by Gasteiger charge is -2.08. The molecule has 0 atom stereocenters. The van der Waals surface area contributed by atoms with Crippen LogP contribution >= 0.6 is 23.1 Å². The molecule has 0 bridgehead atoms. The normalized spacial score (nSPS) is 13.4. The Kier molecular flexibility index (Phi) is 5.68. The Labute approximate surface area is 170 Å². The van der Waals surface area contributed by atoms with Crippen LogP contribution in [0.2, 0.25) is 0 Å². The third-order valence-corrected chi connectivity index (χ3v) is 6.28. The first kappa shape index (κ1) is 18.6. The summed E-state index contributed by atoms with van der Waals surface area (Å²) < 4.78 is 0.744. The van der Waals surface area contributed by atoms with E-state index >= 15 is 0 Å². The molecule has 6 nitrogen and oxygen atoms in total. The molecule has 0 saturated carbocycles. The van der Waals surface area contributed by atoms with Crippen molar-refractivity contribution < 1.29 is 9.59 Å². The monoisotopic (exact) mass is 410 g/mol. The zero-order chi connectivity index (χ0) is 19.3. The number of hydrogen-bond acceptors (Lipinski definition) is 7. The van der Waals surface area contributed by atoms with Crippen LogP contribution in [-0.2, 0) is 11.2 Å². The molecule has 28 heavy (non-hydrogen) atoms. The predicted molar refractivity (Wildman–Crippen MR) is 113 cm³/mol. The first-order valence-electron chi connectivity index (χ1n) is 8.92. The van der Waals surface area contributed by atoms with Crippen LogP contribution in [0.25, 0.3) is 0 Å². The highest BCUT2D eigenvalue weighted by Gasteiger charge is 2.16. The van der Waals surface area contributed by atoms with Crippen LogP contribution in [0.1, 0.15) is 28.8 Å². The molecule has 2 aromatic carbocycles. The van der Waals surface area contributed by atoms with E-state index in [2.05, 4.69) is 20.8 Å². The van der Waals surface area contributed by atoms with Crippen molar-refractivity contribution in [2.45, 2.75) is 23.6 Å². The first-order chi connectivity index (χ1) is 13.7. The topological polar surface area (TPSA) is 84.0 Å². The lowest BCUT2D eigenvalue weighted by molar-refractivity contribution is -0.116. The lowest BCUT2D eigenvalue weighted by Crippen LogP contribution is -2.10. The Morgan fingerprint density at radius 1 is 1.14 bits per heavy atom. The SMILES string of the molecule is O=C1CCCc2cc(C(=O)CSc3nnc(Nc4ccccc4)s3)ccc2N1. The van der Waals surface area contributed by atoms with E-state index in [9.17, 15) is 9.59 Å². The molecule has 0 radical (unpaired) electrons. The van der Waals surface area contributed by atoms with Crippen molar-refractivity contribution in [3.8, 4) is 0 Å². The molecule has 2 heterocycles. The standard InChI is InChI=1S/C20H18N4O2S2/c25-17(14-9-10-16-13(11-14)5-4-8-18(26)22-16)12-27-20-24-23-19(28-20)21-15-6-2-1-3-7-15/h1-3,6-7,9-11H,4-5,8,12H2,(H,21,23)(H,22,26). The summed E-state index contributed by atoms with van der Waals surface area (Å²) in [5.41, 5.74) is 3.44. The van der Waals surface area contributed by atoms with Crippen LogP contribution in [0.4, 0.5) is 16.5 Å². The molecule has 1 aromatic heterocycles. The summed E-state index contributed by atoms with van der Waals surface area (Å²) in [5.74, 6) is 0.367. The summed E-state index contributed by atoms with van der Waals surface area (Å²) in [5, 5.41) is 15.0. The van der Waals surface area contributed by atoms with Crippen molar-refractivity contribution in [3.63, 3.8) is 0 Å². The van der Waals surface area contributed by atoms with Gasteiger partial charge in [0.2, 0.25) is 11.0 Å². The van der Waals surface area contributed by atoms with E-state index in [1.165, 1.54) is 23.1 Å². The van der Waals surface area contributed by atoms with Crippen LogP contribution in [-0.4, -0.2) is 27.6 Å². The Balaban J connectivity index is 1.37. The molecule has 1 amide bonds. The van der Waals surface area contributed by atoms with Gasteiger partial charge in [0.15, 0.2) is 10.1 Å². The number of anilines is 3. The average Bonchev–Trinajstić information content (AvgIpc) is 3.06. The van der Waals surface area contributed by atoms with Gasteiger partial charge in [0.05, 0.1) is 5.75 Å². The maximum absolute atomic E-state index is 12.6. The van der Waals surface area contributed by atoms with E-state index in [0.29, 0.717) is 22.9 Å². The van der Waals surface area contributed by atoms with E-state index in [1.807, 2.05) is 42.5 Å². The van der Waals surface area contributed by atoms with Gasteiger partial charge in [0.1, 0.15) is 0 Å². The van der Waals surface area contributed by atoms with Crippen molar-refractivity contribution in [3.05, 3.63) is 59.7 Å². The van der Waals surface area contributed by atoms with E-state index in [-0.39, 0.29) is 11.7 Å². The van der Waals surface area contributed by atoms with Gasteiger partial charge >= 0.3 is 0 Å². The second-order valence-corrected chi connectivity index (χ2v) is 8.55. The number of carbonyl (C=O) groups is 2. The predicted octanol–water partition coefficient (Wildman–Crippen LogP) is 4.53. The molecule has 142 valence electrons. The highest BCUT2D eigenvalue weighted by molar-refractivity contribution is 8.01. The molecule has 4 rings (SSSR count). The maximum Gasteiger partial charge on any atom is 0.224 e. The van der Waals surface area contributed by atoms with Gasteiger partial charge in [-0.1, -0.05) is 41.3 Å². The number of rotatable bonds is 6. The van der Waals surface area contributed by atoms with Crippen molar-refractivity contribution in [2.24, 2.45) is 0 Å². The Morgan fingerprint density at radius 3 is 2.86 bits per heavy atom. The number of aromatic nitrogens is 2. The number of carbonyl (C=O) groups excluding carboxylic acids is 2. The summed E-state index contributed by atoms with van der Waals surface area (Å²) in [4.78, 5) is 24.2. The van der Waals surface area contributed by atoms with Crippen LogP contribution in [0.3, 0.4) is 0 Å².